The first-order chi connectivity index (χ1) is 11.3. The van der Waals surface area contributed by atoms with Crippen LogP contribution in [0.4, 0.5) is 16.6 Å². The summed E-state index contributed by atoms with van der Waals surface area (Å²) in [4.78, 5) is 19.9. The highest BCUT2D eigenvalue weighted by atomic mass is 16.6. The summed E-state index contributed by atoms with van der Waals surface area (Å²) in [5.74, 6) is 0.797. The Labute approximate surface area is 141 Å². The first-order valence-corrected chi connectivity index (χ1v) is 7.74. The van der Waals surface area contributed by atoms with Crippen LogP contribution in [0.25, 0.3) is 11.3 Å². The standard InChI is InChI=1S/C17H23N5O2/c1-17(2,3)24-16(23)20-10-9-19-14-11-13(21-15(18)22-14)12-7-5-4-6-8-12/h4-8,11H,9-10H2,1-3H3,(H,20,23)(H3,18,19,21,22). The van der Waals surface area contributed by atoms with Crippen molar-refractivity contribution in [2.75, 3.05) is 24.1 Å². The van der Waals surface area contributed by atoms with Gasteiger partial charge in [-0.3, -0.25) is 0 Å². The maximum absolute atomic E-state index is 11.6. The monoisotopic (exact) mass is 329 g/mol. The number of hydrogen-bond acceptors (Lipinski definition) is 6. The summed E-state index contributed by atoms with van der Waals surface area (Å²) in [5, 5.41) is 5.78. The van der Waals surface area contributed by atoms with E-state index in [1.807, 2.05) is 57.2 Å². The molecule has 0 aliphatic carbocycles. The van der Waals surface area contributed by atoms with Gasteiger partial charge >= 0.3 is 6.09 Å². The molecule has 0 atom stereocenters. The number of hydrogen-bond donors (Lipinski definition) is 3. The largest absolute Gasteiger partial charge is 0.444 e. The van der Waals surface area contributed by atoms with E-state index in [9.17, 15) is 4.79 Å². The van der Waals surface area contributed by atoms with Gasteiger partial charge in [0, 0.05) is 24.7 Å². The summed E-state index contributed by atoms with van der Waals surface area (Å²) in [6.45, 7) is 6.35. The van der Waals surface area contributed by atoms with Crippen LogP contribution in [0.3, 0.4) is 0 Å². The third-order valence-electron chi connectivity index (χ3n) is 2.91. The Morgan fingerprint density at radius 1 is 1.17 bits per heavy atom. The number of nitrogens with one attached hydrogen (secondary N) is 2. The number of nitrogens with two attached hydrogens (primary N) is 1. The summed E-state index contributed by atoms with van der Waals surface area (Å²) in [6.07, 6.45) is -0.448. The second-order valence-electron chi connectivity index (χ2n) is 6.22. The van der Waals surface area contributed by atoms with Crippen LogP contribution in [0, 0.1) is 0 Å². The van der Waals surface area contributed by atoms with Crippen LogP contribution in [0.1, 0.15) is 20.8 Å². The van der Waals surface area contributed by atoms with E-state index in [1.54, 1.807) is 0 Å². The molecule has 0 unspecified atom stereocenters. The fraction of sp³-hybridized carbons (Fsp3) is 0.353. The molecule has 7 heteroatoms. The number of rotatable bonds is 5. The number of anilines is 2. The van der Waals surface area contributed by atoms with Crippen LogP contribution < -0.4 is 16.4 Å². The van der Waals surface area contributed by atoms with Gasteiger partial charge in [-0.1, -0.05) is 30.3 Å². The fourth-order valence-corrected chi connectivity index (χ4v) is 1.98. The molecule has 2 rings (SSSR count). The van der Waals surface area contributed by atoms with Gasteiger partial charge in [0.1, 0.15) is 11.4 Å². The minimum Gasteiger partial charge on any atom is -0.444 e. The lowest BCUT2D eigenvalue weighted by atomic mass is 10.1. The molecule has 7 nitrogen and oxygen atoms in total. The van der Waals surface area contributed by atoms with Gasteiger partial charge in [0.25, 0.3) is 0 Å². The molecule has 0 saturated heterocycles. The molecule has 0 bridgehead atoms. The number of alkyl carbamates (subject to hydrolysis) is 1. The molecule has 0 aliphatic heterocycles. The Morgan fingerprint density at radius 2 is 1.88 bits per heavy atom. The zero-order valence-corrected chi connectivity index (χ0v) is 14.2. The smallest absolute Gasteiger partial charge is 0.407 e. The second-order valence-corrected chi connectivity index (χ2v) is 6.22. The lowest BCUT2D eigenvalue weighted by Crippen LogP contribution is -2.35. The van der Waals surface area contributed by atoms with Crippen molar-refractivity contribution in [1.29, 1.82) is 0 Å². The van der Waals surface area contributed by atoms with Crippen molar-refractivity contribution in [3.63, 3.8) is 0 Å². The number of amides is 1. The van der Waals surface area contributed by atoms with E-state index in [0.29, 0.717) is 18.9 Å². The van der Waals surface area contributed by atoms with Crippen LogP contribution in [0.5, 0.6) is 0 Å². The minimum absolute atomic E-state index is 0.193. The maximum atomic E-state index is 11.6. The van der Waals surface area contributed by atoms with E-state index >= 15 is 0 Å². The molecule has 0 saturated carbocycles. The number of ether oxygens (including phenoxy) is 1. The third kappa shape index (κ3) is 5.75. The van der Waals surface area contributed by atoms with E-state index in [1.165, 1.54) is 0 Å². The molecule has 0 spiro atoms. The van der Waals surface area contributed by atoms with Gasteiger partial charge in [-0.2, -0.15) is 4.98 Å². The predicted octanol–water partition coefficient (Wildman–Crippen LogP) is 2.66. The molecule has 0 radical (unpaired) electrons. The van der Waals surface area contributed by atoms with Gasteiger partial charge in [0.15, 0.2) is 0 Å². The predicted molar refractivity (Wildman–Crippen MR) is 94.6 cm³/mol. The molecule has 1 heterocycles. The molecular weight excluding hydrogens is 306 g/mol. The van der Waals surface area contributed by atoms with E-state index in [2.05, 4.69) is 20.6 Å². The summed E-state index contributed by atoms with van der Waals surface area (Å²) in [5.41, 5.74) is 6.96. The van der Waals surface area contributed by atoms with Crippen molar-refractivity contribution in [1.82, 2.24) is 15.3 Å². The number of nitrogen functional groups attached to an aromatic ring is 1. The average molecular weight is 329 g/mol. The molecule has 1 aromatic carbocycles. The molecule has 0 aliphatic rings. The summed E-state index contributed by atoms with van der Waals surface area (Å²) in [7, 11) is 0. The van der Waals surface area contributed by atoms with E-state index < -0.39 is 11.7 Å². The van der Waals surface area contributed by atoms with Crippen molar-refractivity contribution in [3.8, 4) is 11.3 Å². The number of benzene rings is 1. The molecule has 4 N–H and O–H groups in total. The van der Waals surface area contributed by atoms with Gasteiger partial charge in [-0.05, 0) is 20.8 Å². The molecule has 1 amide bonds. The van der Waals surface area contributed by atoms with Crippen LogP contribution in [0.2, 0.25) is 0 Å². The molecule has 2 aromatic rings. The molecule has 24 heavy (non-hydrogen) atoms. The number of carbonyl (C=O) groups is 1. The first kappa shape index (κ1) is 17.5. The van der Waals surface area contributed by atoms with Gasteiger partial charge in [-0.25, -0.2) is 9.78 Å². The normalized spacial score (nSPS) is 11.0. The van der Waals surface area contributed by atoms with E-state index in [-0.39, 0.29) is 5.95 Å². The van der Waals surface area contributed by atoms with Crippen molar-refractivity contribution < 1.29 is 9.53 Å². The van der Waals surface area contributed by atoms with Crippen molar-refractivity contribution >= 4 is 17.9 Å². The number of aromatic nitrogens is 2. The number of carbonyl (C=O) groups excluding carboxylic acids is 1. The Hall–Kier alpha value is -2.83. The molecule has 1 aromatic heterocycles. The van der Waals surface area contributed by atoms with Gasteiger partial charge in [0.05, 0.1) is 5.69 Å². The molecule has 128 valence electrons. The van der Waals surface area contributed by atoms with Gasteiger partial charge < -0.3 is 21.1 Å². The lowest BCUT2D eigenvalue weighted by molar-refractivity contribution is 0.0530. The van der Waals surface area contributed by atoms with Crippen LogP contribution in [0.15, 0.2) is 36.4 Å². The van der Waals surface area contributed by atoms with Crippen LogP contribution in [-0.4, -0.2) is 34.8 Å². The zero-order valence-electron chi connectivity index (χ0n) is 14.2. The van der Waals surface area contributed by atoms with Crippen molar-refractivity contribution in [2.24, 2.45) is 0 Å². The SMILES string of the molecule is CC(C)(C)OC(=O)NCCNc1cc(-c2ccccc2)nc(N)n1. The summed E-state index contributed by atoms with van der Waals surface area (Å²) in [6, 6.07) is 11.5. The minimum atomic E-state index is -0.511. The first-order valence-electron chi connectivity index (χ1n) is 7.74. The molecule has 0 fully saturated rings. The van der Waals surface area contributed by atoms with Crippen molar-refractivity contribution in [3.05, 3.63) is 36.4 Å². The van der Waals surface area contributed by atoms with Crippen molar-refractivity contribution in [2.45, 2.75) is 26.4 Å². The van der Waals surface area contributed by atoms with Gasteiger partial charge in [-0.15, -0.1) is 0 Å². The summed E-state index contributed by atoms with van der Waals surface area (Å²) < 4.78 is 5.16. The quantitative estimate of drug-likeness (QED) is 0.729. The van der Waals surface area contributed by atoms with E-state index in [0.717, 1.165) is 11.3 Å². The topological polar surface area (TPSA) is 102 Å². The Kier molecular flexibility index (Phi) is 5.57. The lowest BCUT2D eigenvalue weighted by Gasteiger charge is -2.19. The fourth-order valence-electron chi connectivity index (χ4n) is 1.98. The number of nitrogens with zero attached hydrogens (tertiary/aromatic N) is 2. The Balaban J connectivity index is 1.89. The maximum Gasteiger partial charge on any atom is 0.407 e. The second kappa shape index (κ2) is 7.63. The average Bonchev–Trinajstić information content (AvgIpc) is 2.50. The van der Waals surface area contributed by atoms with E-state index in [4.69, 9.17) is 10.5 Å². The summed E-state index contributed by atoms with van der Waals surface area (Å²) >= 11 is 0. The highest BCUT2D eigenvalue weighted by Crippen LogP contribution is 2.20. The highest BCUT2D eigenvalue weighted by Gasteiger charge is 2.15. The highest BCUT2D eigenvalue weighted by molar-refractivity contribution is 5.67. The molecular formula is C17H23N5O2. The zero-order chi connectivity index (χ0) is 17.6. The third-order valence-corrected chi connectivity index (χ3v) is 2.91. The Bertz CT molecular complexity index is 683. The Morgan fingerprint density at radius 3 is 2.54 bits per heavy atom. The van der Waals surface area contributed by atoms with Crippen LogP contribution in [-0.2, 0) is 4.74 Å². The van der Waals surface area contributed by atoms with Gasteiger partial charge in [0.2, 0.25) is 5.95 Å². The van der Waals surface area contributed by atoms with Crippen LogP contribution >= 0.6 is 0 Å².